The van der Waals surface area contributed by atoms with Gasteiger partial charge in [0.2, 0.25) is 0 Å². The maximum atomic E-state index is 3.73. The highest BCUT2D eigenvalue weighted by Gasteiger charge is 2.40. The van der Waals surface area contributed by atoms with Crippen molar-refractivity contribution in [3.05, 3.63) is 58.7 Å². The van der Waals surface area contributed by atoms with E-state index in [4.69, 9.17) is 0 Å². The lowest BCUT2D eigenvalue weighted by Crippen LogP contribution is -2.22. The van der Waals surface area contributed by atoms with E-state index < -0.39 is 0 Å². The lowest BCUT2D eigenvalue weighted by Gasteiger charge is -2.23. The molecule has 2 aromatic rings. The SMILES string of the molecule is CCN(CC)c1cc(C)c2c(c1)[C@H]1c3ccccc3N[C@H]1C2. The van der Waals surface area contributed by atoms with Gasteiger partial charge in [-0.25, -0.2) is 0 Å². The zero-order chi connectivity index (χ0) is 15.3. The van der Waals surface area contributed by atoms with Crippen molar-refractivity contribution in [1.82, 2.24) is 0 Å². The van der Waals surface area contributed by atoms with Gasteiger partial charge in [0, 0.05) is 36.4 Å². The number of nitrogens with one attached hydrogen (secondary N) is 1. The van der Waals surface area contributed by atoms with Gasteiger partial charge in [0.15, 0.2) is 0 Å². The minimum absolute atomic E-state index is 0.528. The van der Waals surface area contributed by atoms with E-state index in [-0.39, 0.29) is 0 Å². The summed E-state index contributed by atoms with van der Waals surface area (Å²) in [5.41, 5.74) is 8.74. The second kappa shape index (κ2) is 5.05. The summed E-state index contributed by atoms with van der Waals surface area (Å²) in [6, 6.07) is 14.2. The zero-order valence-corrected chi connectivity index (χ0v) is 13.7. The summed E-state index contributed by atoms with van der Waals surface area (Å²) < 4.78 is 0. The smallest absolute Gasteiger partial charge is 0.0412 e. The third-order valence-corrected chi connectivity index (χ3v) is 5.42. The van der Waals surface area contributed by atoms with Gasteiger partial charge in [-0.1, -0.05) is 18.2 Å². The summed E-state index contributed by atoms with van der Waals surface area (Å²) in [5, 5.41) is 3.73. The van der Waals surface area contributed by atoms with Gasteiger partial charge in [-0.15, -0.1) is 0 Å². The van der Waals surface area contributed by atoms with Crippen molar-refractivity contribution in [2.45, 2.75) is 39.2 Å². The third kappa shape index (κ3) is 1.86. The van der Waals surface area contributed by atoms with Gasteiger partial charge >= 0.3 is 0 Å². The molecule has 22 heavy (non-hydrogen) atoms. The number of fused-ring (bicyclic) bond motifs is 5. The largest absolute Gasteiger partial charge is 0.381 e. The normalized spacial score (nSPS) is 21.0. The Morgan fingerprint density at radius 2 is 1.86 bits per heavy atom. The van der Waals surface area contributed by atoms with Crippen LogP contribution in [0.1, 0.15) is 42.0 Å². The van der Waals surface area contributed by atoms with Crippen LogP contribution < -0.4 is 10.2 Å². The molecule has 0 fully saturated rings. The van der Waals surface area contributed by atoms with Crippen molar-refractivity contribution in [3.8, 4) is 0 Å². The van der Waals surface area contributed by atoms with Crippen LogP contribution in [0.25, 0.3) is 0 Å². The fourth-order valence-electron chi connectivity index (χ4n) is 4.32. The van der Waals surface area contributed by atoms with Gasteiger partial charge in [-0.05, 0) is 67.6 Å². The Bertz CT molecular complexity index is 716. The van der Waals surface area contributed by atoms with Crippen LogP contribution in [0, 0.1) is 6.92 Å². The summed E-state index contributed by atoms with van der Waals surface area (Å²) in [6.07, 6.45) is 1.15. The van der Waals surface area contributed by atoms with Crippen LogP contribution in [-0.2, 0) is 6.42 Å². The van der Waals surface area contributed by atoms with Gasteiger partial charge in [-0.2, -0.15) is 0 Å². The van der Waals surface area contributed by atoms with Crippen molar-refractivity contribution < 1.29 is 0 Å². The fraction of sp³-hybridized carbons (Fsp3) is 0.400. The number of hydrogen-bond acceptors (Lipinski definition) is 2. The van der Waals surface area contributed by atoms with Crippen LogP contribution in [0.15, 0.2) is 36.4 Å². The van der Waals surface area contributed by atoms with Gasteiger partial charge in [-0.3, -0.25) is 0 Å². The van der Waals surface area contributed by atoms with Crippen LogP contribution in [0.2, 0.25) is 0 Å². The lowest BCUT2D eigenvalue weighted by molar-refractivity contribution is 0.726. The number of aryl methyl sites for hydroxylation is 1. The maximum Gasteiger partial charge on any atom is 0.0412 e. The molecule has 0 bridgehead atoms. The molecule has 2 aromatic carbocycles. The van der Waals surface area contributed by atoms with Crippen molar-refractivity contribution in [2.24, 2.45) is 0 Å². The highest BCUT2D eigenvalue weighted by Crippen LogP contribution is 2.48. The first-order chi connectivity index (χ1) is 10.7. The van der Waals surface area contributed by atoms with Crippen molar-refractivity contribution in [3.63, 3.8) is 0 Å². The molecule has 0 unspecified atom stereocenters. The van der Waals surface area contributed by atoms with Crippen LogP contribution in [-0.4, -0.2) is 19.1 Å². The van der Waals surface area contributed by atoms with E-state index in [9.17, 15) is 0 Å². The van der Waals surface area contributed by atoms with Crippen LogP contribution >= 0.6 is 0 Å². The number of benzene rings is 2. The molecule has 1 aliphatic carbocycles. The van der Waals surface area contributed by atoms with Gasteiger partial charge in [0.25, 0.3) is 0 Å². The minimum atomic E-state index is 0.528. The summed E-state index contributed by atoms with van der Waals surface area (Å²) in [5.74, 6) is 0.528. The quantitative estimate of drug-likeness (QED) is 0.906. The van der Waals surface area contributed by atoms with E-state index in [1.54, 1.807) is 11.1 Å². The Morgan fingerprint density at radius 3 is 2.64 bits per heavy atom. The molecule has 0 aromatic heterocycles. The first kappa shape index (κ1) is 13.7. The van der Waals surface area contributed by atoms with Crippen molar-refractivity contribution in [2.75, 3.05) is 23.3 Å². The second-order valence-corrected chi connectivity index (χ2v) is 6.52. The molecular weight excluding hydrogens is 268 g/mol. The topological polar surface area (TPSA) is 15.3 Å². The summed E-state index contributed by atoms with van der Waals surface area (Å²) >= 11 is 0. The average molecular weight is 292 g/mol. The molecule has 0 radical (unpaired) electrons. The Balaban J connectivity index is 1.84. The molecule has 114 valence electrons. The first-order valence-corrected chi connectivity index (χ1v) is 8.46. The molecule has 0 saturated heterocycles. The van der Waals surface area contributed by atoms with E-state index in [1.165, 1.54) is 22.5 Å². The molecular formula is C20H24N2. The van der Waals surface area contributed by atoms with E-state index in [0.29, 0.717) is 12.0 Å². The molecule has 0 amide bonds. The first-order valence-electron chi connectivity index (χ1n) is 8.46. The van der Waals surface area contributed by atoms with Crippen molar-refractivity contribution in [1.29, 1.82) is 0 Å². The summed E-state index contributed by atoms with van der Waals surface area (Å²) in [6.45, 7) is 8.89. The van der Waals surface area contributed by atoms with Crippen LogP contribution in [0.4, 0.5) is 11.4 Å². The Kier molecular flexibility index (Phi) is 3.14. The van der Waals surface area contributed by atoms with Crippen LogP contribution in [0.3, 0.4) is 0 Å². The van der Waals surface area contributed by atoms with Crippen LogP contribution in [0.5, 0.6) is 0 Å². The average Bonchev–Trinajstić information content (AvgIpc) is 3.05. The van der Waals surface area contributed by atoms with Gasteiger partial charge < -0.3 is 10.2 Å². The number of nitrogens with zero attached hydrogens (tertiary/aromatic N) is 1. The molecule has 2 nitrogen and oxygen atoms in total. The predicted molar refractivity (Wildman–Crippen MR) is 94.1 cm³/mol. The number of rotatable bonds is 3. The second-order valence-electron chi connectivity index (χ2n) is 6.52. The molecule has 2 atom stereocenters. The minimum Gasteiger partial charge on any atom is -0.381 e. The third-order valence-electron chi connectivity index (χ3n) is 5.42. The monoisotopic (exact) mass is 292 g/mol. The Hall–Kier alpha value is -1.96. The Labute approximate surface area is 133 Å². The van der Waals surface area contributed by atoms with E-state index >= 15 is 0 Å². The number of hydrogen-bond donors (Lipinski definition) is 1. The summed E-state index contributed by atoms with van der Waals surface area (Å²) in [4.78, 5) is 2.45. The fourth-order valence-corrected chi connectivity index (χ4v) is 4.32. The predicted octanol–water partition coefficient (Wildman–Crippen LogP) is 4.32. The molecule has 1 N–H and O–H groups in total. The molecule has 1 heterocycles. The zero-order valence-electron chi connectivity index (χ0n) is 13.7. The number of anilines is 2. The lowest BCUT2D eigenvalue weighted by atomic mass is 9.91. The molecule has 2 heteroatoms. The van der Waals surface area contributed by atoms with E-state index in [2.05, 4.69) is 67.4 Å². The highest BCUT2D eigenvalue weighted by molar-refractivity contribution is 5.68. The number of para-hydroxylation sites is 1. The molecule has 0 saturated carbocycles. The van der Waals surface area contributed by atoms with Gasteiger partial charge in [0.05, 0.1) is 0 Å². The highest BCUT2D eigenvalue weighted by atomic mass is 15.1. The summed E-state index contributed by atoms with van der Waals surface area (Å²) in [7, 11) is 0. The van der Waals surface area contributed by atoms with Gasteiger partial charge in [0.1, 0.15) is 0 Å². The molecule has 2 aliphatic rings. The molecule has 4 rings (SSSR count). The maximum absolute atomic E-state index is 3.73. The standard InChI is InChI=1S/C20H24N2/c1-4-22(5-2)14-10-13(3)16-12-19-20(17(16)11-14)15-8-6-7-9-18(15)21-19/h6-11,19-21H,4-5,12H2,1-3H3/t19-,20+/m0/s1. The Morgan fingerprint density at radius 1 is 1.09 bits per heavy atom. The van der Waals surface area contributed by atoms with E-state index in [1.807, 2.05) is 0 Å². The molecule has 1 aliphatic heterocycles. The van der Waals surface area contributed by atoms with E-state index in [0.717, 1.165) is 19.5 Å². The van der Waals surface area contributed by atoms with Crippen molar-refractivity contribution >= 4 is 11.4 Å². The molecule has 0 spiro atoms.